The fraction of sp³-hybridized carbons (Fsp3) is 0.400. The number of anilines is 1. The second-order valence-corrected chi connectivity index (χ2v) is 3.17. The number of pyridine rings is 1. The smallest absolute Gasteiger partial charge is 0.369 e. The molecule has 1 aromatic heterocycles. The average molecular weight is 229 g/mol. The van der Waals surface area contributed by atoms with Crippen molar-refractivity contribution < 1.29 is 13.2 Å². The highest BCUT2D eigenvalue weighted by molar-refractivity contribution is 5.57. The lowest BCUT2D eigenvalue weighted by Gasteiger charge is -2.13. The van der Waals surface area contributed by atoms with Crippen LogP contribution in [0, 0.1) is 18.3 Å². The molecule has 86 valence electrons. The molecular weight excluding hydrogens is 219 g/mol. The lowest BCUT2D eigenvalue weighted by molar-refractivity contribution is -0.137. The lowest BCUT2D eigenvalue weighted by atomic mass is 10.1. The van der Waals surface area contributed by atoms with E-state index < -0.39 is 17.3 Å². The van der Waals surface area contributed by atoms with Crippen molar-refractivity contribution in [2.24, 2.45) is 0 Å². The van der Waals surface area contributed by atoms with E-state index in [4.69, 9.17) is 5.26 Å². The van der Waals surface area contributed by atoms with E-state index in [9.17, 15) is 13.2 Å². The SMILES string of the molecule is CCNc1nc(C)cc(C(F)(F)F)c1C#N. The molecule has 3 nitrogen and oxygen atoms in total. The van der Waals surface area contributed by atoms with Crippen LogP contribution in [0.2, 0.25) is 0 Å². The molecule has 0 aromatic carbocycles. The molecule has 16 heavy (non-hydrogen) atoms. The molecule has 0 saturated heterocycles. The first-order chi connectivity index (χ1) is 7.40. The second-order valence-electron chi connectivity index (χ2n) is 3.17. The summed E-state index contributed by atoms with van der Waals surface area (Å²) in [6.45, 7) is 3.58. The number of hydrogen-bond donors (Lipinski definition) is 1. The molecule has 0 fully saturated rings. The molecule has 6 heteroatoms. The highest BCUT2D eigenvalue weighted by Gasteiger charge is 2.35. The van der Waals surface area contributed by atoms with Gasteiger partial charge in [-0.25, -0.2) is 4.98 Å². The summed E-state index contributed by atoms with van der Waals surface area (Å²) in [6, 6.07) is 2.41. The number of halogens is 3. The lowest BCUT2D eigenvalue weighted by Crippen LogP contribution is -2.13. The summed E-state index contributed by atoms with van der Waals surface area (Å²) in [6.07, 6.45) is -4.54. The Labute approximate surface area is 90.9 Å². The van der Waals surface area contributed by atoms with E-state index in [0.717, 1.165) is 6.07 Å². The minimum absolute atomic E-state index is 0.0164. The normalized spacial score (nSPS) is 11.0. The molecule has 0 bridgehead atoms. The number of alkyl halides is 3. The van der Waals surface area contributed by atoms with Gasteiger partial charge in [0.2, 0.25) is 0 Å². The van der Waals surface area contributed by atoms with E-state index in [-0.39, 0.29) is 11.5 Å². The number of aryl methyl sites for hydroxylation is 1. The topological polar surface area (TPSA) is 48.7 Å². The monoisotopic (exact) mass is 229 g/mol. The molecule has 1 N–H and O–H groups in total. The fourth-order valence-electron chi connectivity index (χ4n) is 1.31. The predicted molar refractivity (Wildman–Crippen MR) is 52.9 cm³/mol. The molecule has 0 amide bonds. The van der Waals surface area contributed by atoms with Gasteiger partial charge in [-0.1, -0.05) is 0 Å². The summed E-state index contributed by atoms with van der Waals surface area (Å²) < 4.78 is 37.9. The van der Waals surface area contributed by atoms with Crippen LogP contribution >= 0.6 is 0 Å². The average Bonchev–Trinajstić information content (AvgIpc) is 2.16. The van der Waals surface area contributed by atoms with Crippen LogP contribution in [-0.2, 0) is 6.18 Å². The Morgan fingerprint density at radius 3 is 2.56 bits per heavy atom. The minimum Gasteiger partial charge on any atom is -0.369 e. The zero-order valence-corrected chi connectivity index (χ0v) is 8.81. The Kier molecular flexibility index (Phi) is 3.38. The summed E-state index contributed by atoms with van der Waals surface area (Å²) >= 11 is 0. The maximum atomic E-state index is 12.6. The van der Waals surface area contributed by atoms with Crippen molar-refractivity contribution in [1.29, 1.82) is 5.26 Å². The third-order valence-corrected chi connectivity index (χ3v) is 1.91. The van der Waals surface area contributed by atoms with Crippen LogP contribution in [-0.4, -0.2) is 11.5 Å². The van der Waals surface area contributed by atoms with Crippen molar-refractivity contribution in [1.82, 2.24) is 4.98 Å². The van der Waals surface area contributed by atoms with Crippen molar-refractivity contribution in [3.8, 4) is 6.07 Å². The quantitative estimate of drug-likeness (QED) is 0.848. The number of aromatic nitrogens is 1. The zero-order valence-electron chi connectivity index (χ0n) is 8.81. The van der Waals surface area contributed by atoms with Gasteiger partial charge in [0, 0.05) is 12.2 Å². The third-order valence-electron chi connectivity index (χ3n) is 1.91. The van der Waals surface area contributed by atoms with E-state index in [1.165, 1.54) is 13.0 Å². The Balaban J connectivity index is 3.44. The first-order valence-electron chi connectivity index (χ1n) is 4.63. The molecule has 0 aliphatic heterocycles. The van der Waals surface area contributed by atoms with Gasteiger partial charge in [0.05, 0.1) is 5.56 Å². The van der Waals surface area contributed by atoms with E-state index in [0.29, 0.717) is 6.54 Å². The summed E-state index contributed by atoms with van der Waals surface area (Å²) in [5.74, 6) is -0.0164. The first-order valence-corrected chi connectivity index (χ1v) is 4.63. The van der Waals surface area contributed by atoms with Gasteiger partial charge in [-0.15, -0.1) is 0 Å². The molecule has 1 rings (SSSR count). The highest BCUT2D eigenvalue weighted by atomic mass is 19.4. The molecule has 0 atom stereocenters. The van der Waals surface area contributed by atoms with Crippen molar-refractivity contribution in [2.75, 3.05) is 11.9 Å². The van der Waals surface area contributed by atoms with Gasteiger partial charge < -0.3 is 5.32 Å². The molecule has 0 radical (unpaired) electrons. The van der Waals surface area contributed by atoms with Crippen LogP contribution in [0.25, 0.3) is 0 Å². The van der Waals surface area contributed by atoms with Gasteiger partial charge in [-0.05, 0) is 19.9 Å². The summed E-state index contributed by atoms with van der Waals surface area (Å²) in [4.78, 5) is 3.87. The number of hydrogen-bond acceptors (Lipinski definition) is 3. The summed E-state index contributed by atoms with van der Waals surface area (Å²) in [5, 5.41) is 11.4. The number of nitrogens with zero attached hydrogens (tertiary/aromatic N) is 2. The largest absolute Gasteiger partial charge is 0.417 e. The highest BCUT2D eigenvalue weighted by Crippen LogP contribution is 2.34. The number of rotatable bonds is 2. The van der Waals surface area contributed by atoms with Gasteiger partial charge in [0.25, 0.3) is 0 Å². The minimum atomic E-state index is -4.54. The van der Waals surface area contributed by atoms with Gasteiger partial charge in [0.15, 0.2) is 0 Å². The molecule has 0 unspecified atom stereocenters. The zero-order chi connectivity index (χ0) is 12.3. The molecule has 1 aromatic rings. The molecule has 0 aliphatic rings. The second kappa shape index (κ2) is 4.39. The maximum absolute atomic E-state index is 12.6. The van der Waals surface area contributed by atoms with Gasteiger partial charge in [0.1, 0.15) is 17.5 Å². The molecular formula is C10H10F3N3. The Morgan fingerprint density at radius 2 is 2.12 bits per heavy atom. The van der Waals surface area contributed by atoms with Crippen LogP contribution in [0.3, 0.4) is 0 Å². The van der Waals surface area contributed by atoms with Crippen LogP contribution in [0.15, 0.2) is 6.07 Å². The molecule has 0 saturated carbocycles. The van der Waals surface area contributed by atoms with Crippen LogP contribution < -0.4 is 5.32 Å². The van der Waals surface area contributed by atoms with Crippen molar-refractivity contribution in [2.45, 2.75) is 20.0 Å². The molecule has 1 heterocycles. The predicted octanol–water partition coefficient (Wildman–Crippen LogP) is 2.71. The maximum Gasteiger partial charge on any atom is 0.417 e. The molecule has 0 aliphatic carbocycles. The Morgan fingerprint density at radius 1 is 1.50 bits per heavy atom. The van der Waals surface area contributed by atoms with E-state index in [1.54, 1.807) is 6.92 Å². The van der Waals surface area contributed by atoms with Gasteiger partial charge >= 0.3 is 6.18 Å². The Bertz CT molecular complexity index is 432. The van der Waals surface area contributed by atoms with E-state index >= 15 is 0 Å². The van der Waals surface area contributed by atoms with Crippen molar-refractivity contribution >= 4 is 5.82 Å². The van der Waals surface area contributed by atoms with Gasteiger partial charge in [-0.2, -0.15) is 18.4 Å². The molecule has 0 spiro atoms. The van der Waals surface area contributed by atoms with Crippen LogP contribution in [0.1, 0.15) is 23.7 Å². The van der Waals surface area contributed by atoms with Gasteiger partial charge in [-0.3, -0.25) is 0 Å². The van der Waals surface area contributed by atoms with E-state index in [2.05, 4.69) is 10.3 Å². The van der Waals surface area contributed by atoms with Crippen molar-refractivity contribution in [3.63, 3.8) is 0 Å². The fourth-order valence-corrected chi connectivity index (χ4v) is 1.31. The third kappa shape index (κ3) is 2.42. The number of nitrogens with one attached hydrogen (secondary N) is 1. The van der Waals surface area contributed by atoms with Crippen LogP contribution in [0.5, 0.6) is 0 Å². The summed E-state index contributed by atoms with van der Waals surface area (Å²) in [7, 11) is 0. The standard InChI is InChI=1S/C10H10F3N3/c1-3-15-9-7(5-14)8(10(11,12)13)4-6(2)16-9/h4H,3H2,1-2H3,(H,15,16). The first kappa shape index (κ1) is 12.3. The Hall–Kier alpha value is -1.77. The van der Waals surface area contributed by atoms with Crippen molar-refractivity contribution in [3.05, 3.63) is 22.9 Å². The van der Waals surface area contributed by atoms with E-state index in [1.807, 2.05) is 0 Å². The summed E-state index contributed by atoms with van der Waals surface area (Å²) in [5.41, 5.74) is -1.18. The number of nitriles is 1. The van der Waals surface area contributed by atoms with Crippen LogP contribution in [0.4, 0.5) is 19.0 Å².